The van der Waals surface area contributed by atoms with Gasteiger partial charge in [0.05, 0.1) is 120 Å². The Morgan fingerprint density at radius 2 is 1.46 bits per heavy atom. The average Bonchev–Trinajstić information content (AvgIpc) is 1.54. The molecule has 9 rings (SSSR count). The zero-order valence-corrected chi connectivity index (χ0v) is 73.0. The fraction of sp³-hybridized carbons (Fsp3) is 0.678. The van der Waals surface area contributed by atoms with Crippen molar-refractivity contribution in [3.63, 3.8) is 0 Å². The Morgan fingerprint density at radius 1 is 0.754 bits per heavy atom. The van der Waals surface area contributed by atoms with E-state index in [0.29, 0.717) is 214 Å². The van der Waals surface area contributed by atoms with E-state index in [9.17, 15) is 39.3 Å². The molecule has 16 atom stereocenters. The molecule has 35 heteroatoms. The number of benzene rings is 1. The van der Waals surface area contributed by atoms with E-state index in [-0.39, 0.29) is 92.4 Å². The van der Waals surface area contributed by atoms with Crippen molar-refractivity contribution in [1.29, 1.82) is 0 Å². The summed E-state index contributed by atoms with van der Waals surface area (Å²) >= 11 is 0. The molecule has 7 heterocycles. The number of esters is 1. The third-order valence-corrected chi connectivity index (χ3v) is 23.4. The molecule has 0 radical (unpaired) electrons. The summed E-state index contributed by atoms with van der Waals surface area (Å²) < 4.78 is 74.1. The standard InChI is InChI=1S/C87H132N14O21/c1-55-19-13-12-14-20-56(2)70(110-8)50-65-25-22-61(7)87(109,122-65)81(106)84(107)100-32-17-15-21-67(100)85(108)120-72(58(4)47-62-23-26-68(102)73(48-62)112-10)51-71(111-9)57(3)46-60(6)79(105)80(113-11)77(59(5)45-55)97-119-53-64-52-99(98-95-64)34-36-115-38-40-117-42-44-118-43-41-116-39-37-114-35-31-91-75(104)29-28-74(103)90-30-16-18-33-101-83-76(82(88)92-54-93-83)78(96-101)63-24-27-69-66(49-63)94-86(89)121-69/h12-14,19-20,24,27,46,49,52,54-55,57-59,61-62,65,67-68,70-73,79-80,102,105,109H,15-18,21-23,25-26,28-45,47-48,50-51,53H2,1-11H3,(H2,89,94)(H,90,103)(H,91,104)(H2,88,92,93)/b14-12+,19-13+,56-20+,60-46+,97-77?/t55-,57-,58-,59-,61-,62+,65+,67+,68-,70+,71-,72+,73-,79-,80+,87-/m1/s1. The number of methoxy groups -OCH3 is 4. The summed E-state index contributed by atoms with van der Waals surface area (Å²) in [5.74, 6) is -6.82. The van der Waals surface area contributed by atoms with Gasteiger partial charge in [-0.15, -0.1) is 5.10 Å². The molecule has 3 fully saturated rings. The quantitative estimate of drug-likeness (QED) is 0.00652. The van der Waals surface area contributed by atoms with Gasteiger partial charge in [0.15, 0.2) is 17.8 Å². The number of anilines is 2. The molecular formula is C87H132N14O21. The number of hydrogen-bond donors (Lipinski definition) is 7. The number of ether oxygens (including phenoxy) is 11. The van der Waals surface area contributed by atoms with Crippen LogP contribution in [0.1, 0.15) is 157 Å². The average molecular weight is 1710 g/mol. The molecule has 122 heavy (non-hydrogen) atoms. The van der Waals surface area contributed by atoms with Crippen molar-refractivity contribution >= 4 is 69.2 Å². The molecule has 3 amide bonds. The van der Waals surface area contributed by atoms with Gasteiger partial charge in [0.2, 0.25) is 17.6 Å². The van der Waals surface area contributed by atoms with E-state index in [1.165, 1.54) is 18.3 Å². The van der Waals surface area contributed by atoms with Crippen LogP contribution in [0.25, 0.3) is 33.4 Å². The maximum absolute atomic E-state index is 14.9. The third-order valence-electron chi connectivity index (χ3n) is 23.4. The van der Waals surface area contributed by atoms with Crippen molar-refractivity contribution < 1.29 is 101 Å². The number of hydrogen-bond acceptors (Lipinski definition) is 30. The number of Topliss-reactive ketones (excluding diaryl/α,β-unsaturated/α-hetero) is 1. The topological polar surface area (TPSA) is 449 Å². The van der Waals surface area contributed by atoms with Crippen molar-refractivity contribution in [3.8, 4) is 11.3 Å². The first kappa shape index (κ1) is 97.2. The number of cyclic esters (lactones) is 1. The summed E-state index contributed by atoms with van der Waals surface area (Å²) in [4.78, 5) is 89.0. The predicted molar refractivity (Wildman–Crippen MR) is 454 cm³/mol. The molecule has 35 nitrogen and oxygen atoms in total. The van der Waals surface area contributed by atoms with Gasteiger partial charge < -0.3 is 104 Å². The number of nitrogens with two attached hydrogens (primary N) is 2. The van der Waals surface area contributed by atoms with Gasteiger partial charge in [-0.25, -0.2) is 24.1 Å². The summed E-state index contributed by atoms with van der Waals surface area (Å²) in [6.45, 7) is 18.8. The van der Waals surface area contributed by atoms with Gasteiger partial charge in [-0.2, -0.15) is 10.1 Å². The van der Waals surface area contributed by atoms with Gasteiger partial charge in [-0.3, -0.25) is 19.2 Å². The molecule has 1 saturated carbocycles. The Labute approximate surface area is 715 Å². The molecule has 4 aliphatic rings. The predicted octanol–water partition coefficient (Wildman–Crippen LogP) is 7.91. The number of aliphatic hydroxyl groups excluding tert-OH is 2. The lowest BCUT2D eigenvalue weighted by atomic mass is 9.78. The van der Waals surface area contributed by atoms with Crippen molar-refractivity contribution in [2.75, 3.05) is 126 Å². The van der Waals surface area contributed by atoms with E-state index in [1.54, 1.807) is 49.9 Å². The highest BCUT2D eigenvalue weighted by molar-refractivity contribution is 6.39. The second-order valence-electron chi connectivity index (χ2n) is 32.6. The highest BCUT2D eigenvalue weighted by Crippen LogP contribution is 2.40. The lowest BCUT2D eigenvalue weighted by molar-refractivity contribution is -0.265. The van der Waals surface area contributed by atoms with Gasteiger partial charge in [-0.1, -0.05) is 81.4 Å². The Balaban J connectivity index is 0.686. The summed E-state index contributed by atoms with van der Waals surface area (Å²) in [7, 11) is 6.31. The van der Waals surface area contributed by atoms with Crippen molar-refractivity contribution in [1.82, 2.24) is 55.3 Å². The van der Waals surface area contributed by atoms with Crippen molar-refractivity contribution in [2.24, 2.45) is 40.7 Å². The second-order valence-corrected chi connectivity index (χ2v) is 32.6. The molecule has 676 valence electrons. The minimum absolute atomic E-state index is 0.0167. The summed E-state index contributed by atoms with van der Waals surface area (Å²) in [6, 6.07) is 4.41. The number of nitrogen functional groups attached to an aromatic ring is 2. The minimum atomic E-state index is -2.44. The molecule has 9 N–H and O–H groups in total. The number of allylic oxidation sites excluding steroid dienone is 5. The molecular weight excluding hydrogens is 1580 g/mol. The SMILES string of the molecule is CO[C@H]1C[C@@H]2CC[C@@H](C)[C@@](O)(O2)C(=O)C(=O)N2CCCC[C@H]2C(=O)O[C@H]([C@H](C)C[C@@H]2CC[C@@H](O)[C@H](OC)C2)C[C@@H](OC)[C@H](C)/C=C(\C)[C@@H](O)[C@@H](OC)C(=NOCc2cn(CCOCCOCCOCCOCCOCCNC(=O)CCC(=O)NCCCCn3nc(-c4ccc5oc(N)nc5c4)c4c(N)ncnc43)nn2)[C@H](C)C[C@H](C)/C=C/C=C/C=C/1C. The summed E-state index contributed by atoms with van der Waals surface area (Å²) in [6.07, 6.45) is 16.9. The van der Waals surface area contributed by atoms with E-state index in [0.717, 1.165) is 17.6 Å². The van der Waals surface area contributed by atoms with Crippen LogP contribution in [0.2, 0.25) is 0 Å². The van der Waals surface area contributed by atoms with Crippen LogP contribution in [-0.4, -0.2) is 270 Å². The largest absolute Gasteiger partial charge is 0.460 e. The Kier molecular flexibility index (Phi) is 39.7. The number of nitrogens with zero attached hydrogens (tertiary/aromatic N) is 10. The third kappa shape index (κ3) is 28.7. The number of rotatable bonds is 37. The van der Waals surface area contributed by atoms with Crippen molar-refractivity contribution in [2.45, 2.75) is 232 Å². The zero-order chi connectivity index (χ0) is 87.7. The van der Waals surface area contributed by atoms with Gasteiger partial charge >= 0.3 is 5.97 Å². The maximum atomic E-state index is 14.9. The number of oxazole rings is 1. The number of aliphatic hydroxyl groups is 3. The van der Waals surface area contributed by atoms with Crippen LogP contribution in [-0.2, 0) is 101 Å². The van der Waals surface area contributed by atoms with E-state index < -0.39 is 78.1 Å². The first-order valence-electron chi connectivity index (χ1n) is 43.1. The van der Waals surface area contributed by atoms with E-state index >= 15 is 0 Å². The first-order valence-corrected chi connectivity index (χ1v) is 43.1. The van der Waals surface area contributed by atoms with Crippen LogP contribution in [0.5, 0.6) is 0 Å². The summed E-state index contributed by atoms with van der Waals surface area (Å²) in [5.41, 5.74) is 17.6. The smallest absolute Gasteiger partial charge is 0.329 e. The normalized spacial score (nSPS) is 28.0. The highest BCUT2D eigenvalue weighted by Gasteiger charge is 2.53. The Morgan fingerprint density at radius 3 is 2.16 bits per heavy atom. The molecule has 0 unspecified atom stereocenters. The Hall–Kier alpha value is -8.56. The molecule has 5 aromatic rings. The number of piperidine rings is 1. The van der Waals surface area contributed by atoms with Crippen LogP contribution in [0.3, 0.4) is 0 Å². The molecule has 4 aromatic heterocycles. The number of ketones is 1. The van der Waals surface area contributed by atoms with Gasteiger partial charge in [-0.05, 0) is 138 Å². The summed E-state index contributed by atoms with van der Waals surface area (Å²) in [5, 5.41) is 59.7. The number of aryl methyl sites for hydroxylation is 1. The van der Waals surface area contributed by atoms with Crippen LogP contribution < -0.4 is 22.1 Å². The first-order chi connectivity index (χ1) is 58.8. The molecule has 1 aromatic carbocycles. The van der Waals surface area contributed by atoms with Crippen molar-refractivity contribution in [3.05, 3.63) is 84.0 Å². The fourth-order valence-corrected chi connectivity index (χ4v) is 16.3. The number of fused-ring (bicyclic) bond motifs is 5. The van der Waals surface area contributed by atoms with Gasteiger partial charge in [0.1, 0.15) is 53.4 Å². The maximum Gasteiger partial charge on any atom is 0.329 e. The van der Waals surface area contributed by atoms with Crippen LogP contribution in [0.15, 0.2) is 87.9 Å². The number of oxime groups is 1. The van der Waals surface area contributed by atoms with Crippen LogP contribution in [0.4, 0.5) is 11.8 Å². The zero-order valence-electron chi connectivity index (χ0n) is 73.0. The number of carbonyl (C=O) groups is 5. The fourth-order valence-electron chi connectivity index (χ4n) is 16.3. The lowest BCUT2D eigenvalue weighted by Crippen LogP contribution is -2.61. The number of aromatic nitrogens is 8. The molecule has 2 saturated heterocycles. The number of unbranched alkanes of at least 4 members (excludes halogenated alkanes) is 1. The highest BCUT2D eigenvalue weighted by atomic mass is 16.6. The lowest BCUT2D eigenvalue weighted by Gasteiger charge is -2.43. The monoisotopic (exact) mass is 1710 g/mol. The van der Waals surface area contributed by atoms with E-state index in [4.69, 9.17) is 83.1 Å². The molecule has 0 spiro atoms. The van der Waals surface area contributed by atoms with E-state index in [1.807, 2.05) is 77.1 Å². The van der Waals surface area contributed by atoms with Crippen LogP contribution >= 0.6 is 0 Å². The molecule has 1 aliphatic carbocycles. The minimum Gasteiger partial charge on any atom is -0.460 e. The van der Waals surface area contributed by atoms with Crippen LogP contribution in [0, 0.1) is 35.5 Å². The molecule has 2 bridgehead atoms. The number of amides is 3. The van der Waals surface area contributed by atoms with E-state index in [2.05, 4.69) is 48.9 Å². The second kappa shape index (κ2) is 49.8. The Bertz CT molecular complexity index is 4260. The number of carbonyl (C=O) groups excluding carboxylic acids is 5. The van der Waals surface area contributed by atoms with Gasteiger partial charge in [0, 0.05) is 104 Å². The molecule has 3 aliphatic heterocycles. The van der Waals surface area contributed by atoms with Gasteiger partial charge in [0.25, 0.3) is 17.7 Å². The number of nitrogens with one attached hydrogen (secondary N) is 2.